The molecule has 1 heterocycles. The number of hydrogen-bond donors (Lipinski definition) is 2. The summed E-state index contributed by atoms with van der Waals surface area (Å²) in [6.07, 6.45) is 1.62. The number of nitrogens with two attached hydrogens (primary N) is 1. The Balaban J connectivity index is 3.33. The predicted molar refractivity (Wildman–Crippen MR) is 55.4 cm³/mol. The Morgan fingerprint density at radius 1 is 1.43 bits per heavy atom. The number of anilines is 1. The molecule has 0 bridgehead atoms. The smallest absolute Gasteiger partial charge is 0.330 e. The van der Waals surface area contributed by atoms with Crippen molar-refractivity contribution in [2.45, 2.75) is 32.7 Å². The summed E-state index contributed by atoms with van der Waals surface area (Å²) in [4.78, 5) is 24.6. The maximum Gasteiger partial charge on any atom is 0.330 e. The fraction of sp³-hybridized carbons (Fsp3) is 0.556. The van der Waals surface area contributed by atoms with Gasteiger partial charge in [-0.1, -0.05) is 13.8 Å². The van der Waals surface area contributed by atoms with Crippen LogP contribution in [0.1, 0.15) is 32.7 Å². The SMILES string of the molecule is CCC(CC)n1c(N)cc(=O)[nH]c1=O. The van der Waals surface area contributed by atoms with Crippen molar-refractivity contribution in [3.63, 3.8) is 0 Å². The van der Waals surface area contributed by atoms with Gasteiger partial charge in [0.2, 0.25) is 0 Å². The molecule has 1 aromatic rings. The van der Waals surface area contributed by atoms with E-state index in [9.17, 15) is 9.59 Å². The van der Waals surface area contributed by atoms with Gasteiger partial charge in [-0.25, -0.2) is 4.79 Å². The second-order valence-electron chi connectivity index (χ2n) is 3.20. The van der Waals surface area contributed by atoms with Gasteiger partial charge in [0.25, 0.3) is 5.56 Å². The van der Waals surface area contributed by atoms with Crippen molar-refractivity contribution in [3.05, 3.63) is 26.9 Å². The Kier molecular flexibility index (Phi) is 3.11. The minimum Gasteiger partial charge on any atom is -0.385 e. The van der Waals surface area contributed by atoms with E-state index < -0.39 is 11.2 Å². The van der Waals surface area contributed by atoms with Crippen LogP contribution in [0.3, 0.4) is 0 Å². The zero-order valence-corrected chi connectivity index (χ0v) is 8.41. The molecule has 0 aliphatic rings. The van der Waals surface area contributed by atoms with Gasteiger partial charge in [-0.2, -0.15) is 0 Å². The Labute approximate surface area is 81.6 Å². The molecular formula is C9H15N3O2. The summed E-state index contributed by atoms with van der Waals surface area (Å²) in [7, 11) is 0. The molecular weight excluding hydrogens is 182 g/mol. The molecule has 0 unspecified atom stereocenters. The molecule has 14 heavy (non-hydrogen) atoms. The topological polar surface area (TPSA) is 80.9 Å². The number of aromatic nitrogens is 2. The van der Waals surface area contributed by atoms with Crippen LogP contribution in [0.15, 0.2) is 15.7 Å². The van der Waals surface area contributed by atoms with Gasteiger partial charge in [0.1, 0.15) is 5.82 Å². The Hall–Kier alpha value is -1.52. The van der Waals surface area contributed by atoms with Crippen molar-refractivity contribution in [1.29, 1.82) is 0 Å². The number of H-pyrrole nitrogens is 1. The molecule has 0 saturated carbocycles. The molecule has 0 amide bonds. The number of hydrogen-bond acceptors (Lipinski definition) is 3. The summed E-state index contributed by atoms with van der Waals surface area (Å²) in [6.45, 7) is 3.95. The lowest BCUT2D eigenvalue weighted by atomic mass is 10.1. The average molecular weight is 197 g/mol. The Bertz CT molecular complexity index is 415. The summed E-state index contributed by atoms with van der Waals surface area (Å²) < 4.78 is 1.43. The van der Waals surface area contributed by atoms with E-state index in [1.165, 1.54) is 10.6 Å². The normalized spacial score (nSPS) is 10.8. The molecule has 5 nitrogen and oxygen atoms in total. The number of aromatic amines is 1. The third-order valence-electron chi connectivity index (χ3n) is 2.31. The van der Waals surface area contributed by atoms with E-state index in [2.05, 4.69) is 4.98 Å². The molecule has 78 valence electrons. The largest absolute Gasteiger partial charge is 0.385 e. The summed E-state index contributed by atoms with van der Waals surface area (Å²) >= 11 is 0. The van der Waals surface area contributed by atoms with Gasteiger partial charge in [0.05, 0.1) is 0 Å². The highest BCUT2D eigenvalue weighted by molar-refractivity contribution is 5.26. The first kappa shape index (κ1) is 10.6. The second-order valence-corrected chi connectivity index (χ2v) is 3.20. The van der Waals surface area contributed by atoms with Crippen molar-refractivity contribution < 1.29 is 0 Å². The van der Waals surface area contributed by atoms with E-state index >= 15 is 0 Å². The van der Waals surface area contributed by atoms with E-state index in [1.54, 1.807) is 0 Å². The number of nitrogen functional groups attached to an aromatic ring is 1. The van der Waals surface area contributed by atoms with E-state index in [1.807, 2.05) is 13.8 Å². The fourth-order valence-electron chi connectivity index (χ4n) is 1.55. The number of rotatable bonds is 3. The van der Waals surface area contributed by atoms with Crippen LogP contribution in [0.2, 0.25) is 0 Å². The van der Waals surface area contributed by atoms with Gasteiger partial charge in [-0.15, -0.1) is 0 Å². The summed E-state index contributed by atoms with van der Waals surface area (Å²) in [5.41, 5.74) is 4.74. The van der Waals surface area contributed by atoms with Crippen LogP contribution in [0.4, 0.5) is 5.82 Å². The summed E-state index contributed by atoms with van der Waals surface area (Å²) in [5, 5.41) is 0. The third-order valence-corrected chi connectivity index (χ3v) is 2.31. The van der Waals surface area contributed by atoms with Crippen molar-refractivity contribution in [2.24, 2.45) is 0 Å². The standard InChI is InChI=1S/C9H15N3O2/c1-3-6(4-2)12-7(10)5-8(13)11-9(12)14/h5-6H,3-4,10H2,1-2H3,(H,11,13,14). The van der Waals surface area contributed by atoms with E-state index in [0.29, 0.717) is 0 Å². The Morgan fingerprint density at radius 2 is 2.00 bits per heavy atom. The van der Waals surface area contributed by atoms with Gasteiger partial charge < -0.3 is 5.73 Å². The third kappa shape index (κ3) is 1.86. The predicted octanol–water partition coefficient (Wildman–Crippen LogP) is 0.480. The average Bonchev–Trinajstić information content (AvgIpc) is 2.10. The van der Waals surface area contributed by atoms with E-state index in [0.717, 1.165) is 12.8 Å². The monoisotopic (exact) mass is 197 g/mol. The van der Waals surface area contributed by atoms with Crippen LogP contribution in [-0.2, 0) is 0 Å². The van der Waals surface area contributed by atoms with Crippen LogP contribution in [-0.4, -0.2) is 9.55 Å². The first-order valence-corrected chi connectivity index (χ1v) is 4.71. The molecule has 5 heteroatoms. The quantitative estimate of drug-likeness (QED) is 0.739. The fourth-order valence-corrected chi connectivity index (χ4v) is 1.55. The van der Waals surface area contributed by atoms with E-state index in [4.69, 9.17) is 5.73 Å². The van der Waals surface area contributed by atoms with Crippen LogP contribution >= 0.6 is 0 Å². The molecule has 0 radical (unpaired) electrons. The molecule has 1 rings (SSSR count). The van der Waals surface area contributed by atoms with Crippen molar-refractivity contribution in [2.75, 3.05) is 5.73 Å². The molecule has 0 saturated heterocycles. The zero-order chi connectivity index (χ0) is 10.7. The van der Waals surface area contributed by atoms with Crippen molar-refractivity contribution in [3.8, 4) is 0 Å². The number of nitrogens with zero attached hydrogens (tertiary/aromatic N) is 1. The van der Waals surface area contributed by atoms with Crippen LogP contribution < -0.4 is 17.0 Å². The molecule has 0 fully saturated rings. The minimum absolute atomic E-state index is 0.0550. The lowest BCUT2D eigenvalue weighted by molar-refractivity contribution is 0.456. The van der Waals surface area contributed by atoms with E-state index in [-0.39, 0.29) is 11.9 Å². The highest BCUT2D eigenvalue weighted by atomic mass is 16.2. The van der Waals surface area contributed by atoms with Gasteiger partial charge in [-0.3, -0.25) is 14.3 Å². The van der Waals surface area contributed by atoms with Crippen LogP contribution in [0.25, 0.3) is 0 Å². The number of nitrogens with one attached hydrogen (secondary N) is 1. The Morgan fingerprint density at radius 3 is 2.43 bits per heavy atom. The van der Waals surface area contributed by atoms with Gasteiger partial charge in [0.15, 0.2) is 0 Å². The van der Waals surface area contributed by atoms with Crippen LogP contribution in [0, 0.1) is 0 Å². The molecule has 1 aromatic heterocycles. The van der Waals surface area contributed by atoms with Gasteiger partial charge >= 0.3 is 5.69 Å². The first-order chi connectivity index (χ1) is 6.60. The molecule has 0 atom stereocenters. The van der Waals surface area contributed by atoms with Crippen LogP contribution in [0.5, 0.6) is 0 Å². The van der Waals surface area contributed by atoms with Gasteiger partial charge in [-0.05, 0) is 12.8 Å². The summed E-state index contributed by atoms with van der Waals surface area (Å²) in [6, 6.07) is 1.29. The minimum atomic E-state index is -0.449. The molecule has 0 aliphatic carbocycles. The highest BCUT2D eigenvalue weighted by Crippen LogP contribution is 2.14. The molecule has 3 N–H and O–H groups in total. The maximum absolute atomic E-state index is 11.4. The zero-order valence-electron chi connectivity index (χ0n) is 8.41. The molecule has 0 spiro atoms. The molecule has 0 aromatic carbocycles. The highest BCUT2D eigenvalue weighted by Gasteiger charge is 2.11. The summed E-state index contributed by atoms with van der Waals surface area (Å²) in [5.74, 6) is 0.229. The van der Waals surface area contributed by atoms with Crippen molar-refractivity contribution >= 4 is 5.82 Å². The lowest BCUT2D eigenvalue weighted by Crippen LogP contribution is -2.33. The lowest BCUT2D eigenvalue weighted by Gasteiger charge is -2.17. The van der Waals surface area contributed by atoms with Gasteiger partial charge in [0, 0.05) is 12.1 Å². The first-order valence-electron chi connectivity index (χ1n) is 4.71. The maximum atomic E-state index is 11.4. The second kappa shape index (κ2) is 4.13. The van der Waals surface area contributed by atoms with Crippen molar-refractivity contribution in [1.82, 2.24) is 9.55 Å². The molecule has 0 aliphatic heterocycles.